The standard InChI is InChI=1S/C27H23ClN4O6/c1-16-23(27(36)37-2)22(26(35)32(16)15-17-5-4-10-29-13-17)12-20-8-9-21(38-20)14-30-24(33)25(34)31-19-7-3-6-18(28)11-19/h3-13H,14-15H2,1-2H3,(H,30,33)(H,31,34)/b22-12-. The van der Waals surface area contributed by atoms with Gasteiger partial charge in [0.25, 0.3) is 5.91 Å². The number of rotatable bonds is 7. The van der Waals surface area contributed by atoms with Crippen LogP contribution in [0.1, 0.15) is 24.0 Å². The Bertz CT molecular complexity index is 1460. The molecule has 2 N–H and O–H groups in total. The number of carbonyl (C=O) groups excluding carboxylic acids is 4. The molecule has 2 aromatic heterocycles. The number of hydrogen-bond donors (Lipinski definition) is 2. The van der Waals surface area contributed by atoms with Gasteiger partial charge in [0.2, 0.25) is 0 Å². The molecule has 0 saturated carbocycles. The molecule has 0 saturated heterocycles. The van der Waals surface area contributed by atoms with Crippen molar-refractivity contribution in [2.24, 2.45) is 0 Å². The number of amides is 3. The van der Waals surface area contributed by atoms with Gasteiger partial charge >= 0.3 is 17.8 Å². The van der Waals surface area contributed by atoms with Crippen LogP contribution >= 0.6 is 11.6 Å². The Balaban J connectivity index is 1.46. The van der Waals surface area contributed by atoms with E-state index in [1.807, 2.05) is 6.07 Å². The van der Waals surface area contributed by atoms with Crippen molar-refractivity contribution >= 4 is 47.1 Å². The molecule has 0 spiro atoms. The summed E-state index contributed by atoms with van der Waals surface area (Å²) in [5.41, 5.74) is 1.87. The number of nitrogens with zero attached hydrogens (tertiary/aromatic N) is 2. The quantitative estimate of drug-likeness (QED) is 0.269. The SMILES string of the molecule is COC(=O)C1=C(C)N(Cc2cccnc2)C(=O)/C1=C\c1ccc(CNC(=O)C(=O)Nc2cccc(Cl)c2)o1. The summed E-state index contributed by atoms with van der Waals surface area (Å²) in [4.78, 5) is 55.6. The molecule has 0 aliphatic carbocycles. The van der Waals surface area contributed by atoms with Crippen molar-refractivity contribution in [2.75, 3.05) is 12.4 Å². The fourth-order valence-electron chi connectivity index (χ4n) is 3.80. The van der Waals surface area contributed by atoms with Crippen LogP contribution in [0.4, 0.5) is 5.69 Å². The van der Waals surface area contributed by atoms with Gasteiger partial charge in [0.05, 0.1) is 31.3 Å². The number of pyridine rings is 1. The molecule has 3 amide bonds. The van der Waals surface area contributed by atoms with Crippen molar-refractivity contribution in [1.29, 1.82) is 0 Å². The Hall–Kier alpha value is -4.70. The molecule has 1 aromatic carbocycles. The van der Waals surface area contributed by atoms with Crippen LogP contribution in [-0.4, -0.2) is 40.7 Å². The van der Waals surface area contributed by atoms with Crippen LogP contribution in [0.15, 0.2) is 82.2 Å². The number of ether oxygens (including phenoxy) is 1. The molecule has 10 nitrogen and oxygen atoms in total. The van der Waals surface area contributed by atoms with E-state index in [1.54, 1.807) is 55.7 Å². The number of anilines is 1. The topological polar surface area (TPSA) is 131 Å². The summed E-state index contributed by atoms with van der Waals surface area (Å²) in [6.45, 7) is 1.81. The molecule has 0 atom stereocenters. The number of allylic oxidation sites excluding steroid dienone is 1. The smallest absolute Gasteiger partial charge is 0.340 e. The molecule has 11 heteroatoms. The van der Waals surface area contributed by atoms with E-state index in [-0.39, 0.29) is 30.0 Å². The maximum Gasteiger partial charge on any atom is 0.340 e. The number of methoxy groups -OCH3 is 1. The Kier molecular flexibility index (Phi) is 8.03. The lowest BCUT2D eigenvalue weighted by atomic mass is 10.1. The zero-order valence-electron chi connectivity index (χ0n) is 20.5. The molecule has 3 heterocycles. The van der Waals surface area contributed by atoms with E-state index >= 15 is 0 Å². The molecule has 0 unspecified atom stereocenters. The zero-order valence-corrected chi connectivity index (χ0v) is 21.2. The highest BCUT2D eigenvalue weighted by molar-refractivity contribution is 6.39. The van der Waals surface area contributed by atoms with Crippen molar-refractivity contribution in [1.82, 2.24) is 15.2 Å². The third kappa shape index (κ3) is 5.98. The molecule has 194 valence electrons. The Morgan fingerprint density at radius 1 is 1.13 bits per heavy atom. The van der Waals surface area contributed by atoms with Crippen LogP contribution < -0.4 is 10.6 Å². The second-order valence-electron chi connectivity index (χ2n) is 8.21. The van der Waals surface area contributed by atoms with E-state index in [2.05, 4.69) is 15.6 Å². The molecule has 0 radical (unpaired) electrons. The second kappa shape index (κ2) is 11.6. The molecule has 4 rings (SSSR count). The van der Waals surface area contributed by atoms with E-state index in [0.29, 0.717) is 22.2 Å². The van der Waals surface area contributed by atoms with Crippen molar-refractivity contribution in [3.63, 3.8) is 0 Å². The minimum absolute atomic E-state index is 0.0786. The third-order valence-corrected chi connectivity index (χ3v) is 5.88. The maximum absolute atomic E-state index is 13.3. The van der Waals surface area contributed by atoms with Gasteiger partial charge < -0.3 is 24.7 Å². The van der Waals surface area contributed by atoms with E-state index in [1.165, 1.54) is 24.2 Å². The van der Waals surface area contributed by atoms with Gasteiger partial charge in [0.1, 0.15) is 11.5 Å². The first-order valence-electron chi connectivity index (χ1n) is 11.4. The maximum atomic E-state index is 13.3. The number of hydrogen-bond acceptors (Lipinski definition) is 7. The van der Waals surface area contributed by atoms with Crippen LogP contribution in [0.2, 0.25) is 5.02 Å². The van der Waals surface area contributed by atoms with E-state index in [0.717, 1.165) is 5.56 Å². The fourth-order valence-corrected chi connectivity index (χ4v) is 3.99. The highest BCUT2D eigenvalue weighted by atomic mass is 35.5. The number of furan rings is 1. The Morgan fingerprint density at radius 3 is 2.66 bits per heavy atom. The first-order valence-corrected chi connectivity index (χ1v) is 11.8. The predicted molar refractivity (Wildman–Crippen MR) is 138 cm³/mol. The molecular formula is C27H23ClN4O6. The van der Waals surface area contributed by atoms with Crippen molar-refractivity contribution in [2.45, 2.75) is 20.0 Å². The lowest BCUT2D eigenvalue weighted by molar-refractivity contribution is -0.136. The molecular weight excluding hydrogens is 512 g/mol. The van der Waals surface area contributed by atoms with Crippen LogP contribution in [-0.2, 0) is 37.0 Å². The summed E-state index contributed by atoms with van der Waals surface area (Å²) in [5, 5.41) is 5.34. The first-order chi connectivity index (χ1) is 18.3. The summed E-state index contributed by atoms with van der Waals surface area (Å²) in [5.74, 6) is -2.17. The number of nitrogens with one attached hydrogen (secondary N) is 2. The lowest BCUT2D eigenvalue weighted by Gasteiger charge is -2.17. The van der Waals surface area contributed by atoms with Crippen LogP contribution in [0.3, 0.4) is 0 Å². The van der Waals surface area contributed by atoms with E-state index in [9.17, 15) is 19.2 Å². The van der Waals surface area contributed by atoms with Crippen LogP contribution in [0.5, 0.6) is 0 Å². The van der Waals surface area contributed by atoms with Gasteiger partial charge in [-0.15, -0.1) is 0 Å². The minimum Gasteiger partial charge on any atom is -0.465 e. The van der Waals surface area contributed by atoms with Gasteiger partial charge in [0, 0.05) is 28.8 Å². The van der Waals surface area contributed by atoms with Gasteiger partial charge in [-0.25, -0.2) is 4.79 Å². The summed E-state index contributed by atoms with van der Waals surface area (Å²) >= 11 is 5.88. The number of esters is 1. The number of benzene rings is 1. The van der Waals surface area contributed by atoms with E-state index in [4.69, 9.17) is 20.8 Å². The highest BCUT2D eigenvalue weighted by Gasteiger charge is 2.37. The number of aromatic nitrogens is 1. The second-order valence-corrected chi connectivity index (χ2v) is 8.65. The largest absolute Gasteiger partial charge is 0.465 e. The molecule has 38 heavy (non-hydrogen) atoms. The summed E-state index contributed by atoms with van der Waals surface area (Å²) in [6.07, 6.45) is 4.72. The van der Waals surface area contributed by atoms with Gasteiger partial charge in [-0.05, 0) is 55.0 Å². The van der Waals surface area contributed by atoms with Gasteiger partial charge in [-0.1, -0.05) is 23.7 Å². The monoisotopic (exact) mass is 534 g/mol. The average molecular weight is 535 g/mol. The van der Waals surface area contributed by atoms with Crippen LogP contribution in [0, 0.1) is 0 Å². The molecule has 1 aliphatic heterocycles. The molecule has 3 aromatic rings. The van der Waals surface area contributed by atoms with Crippen molar-refractivity contribution < 1.29 is 28.3 Å². The highest BCUT2D eigenvalue weighted by Crippen LogP contribution is 2.33. The normalized spacial score (nSPS) is 14.1. The third-order valence-electron chi connectivity index (χ3n) is 5.65. The van der Waals surface area contributed by atoms with Crippen molar-refractivity contribution in [3.8, 4) is 0 Å². The first kappa shape index (κ1) is 26.4. The predicted octanol–water partition coefficient (Wildman–Crippen LogP) is 3.46. The summed E-state index contributed by atoms with van der Waals surface area (Å²) < 4.78 is 10.6. The van der Waals surface area contributed by atoms with Gasteiger partial charge in [-0.3, -0.25) is 19.4 Å². The van der Waals surface area contributed by atoms with Crippen LogP contribution in [0.25, 0.3) is 6.08 Å². The number of halogens is 1. The van der Waals surface area contributed by atoms with Gasteiger partial charge in [0.15, 0.2) is 0 Å². The Morgan fingerprint density at radius 2 is 1.95 bits per heavy atom. The average Bonchev–Trinajstić information content (AvgIpc) is 3.45. The van der Waals surface area contributed by atoms with Gasteiger partial charge in [-0.2, -0.15) is 0 Å². The molecule has 1 aliphatic rings. The van der Waals surface area contributed by atoms with Crippen molar-refractivity contribution in [3.05, 3.63) is 99.9 Å². The van der Waals surface area contributed by atoms with E-state index < -0.39 is 23.7 Å². The Labute approximate surface area is 222 Å². The number of carbonyl (C=O) groups is 4. The summed E-state index contributed by atoms with van der Waals surface area (Å²) in [7, 11) is 1.24. The zero-order chi connectivity index (χ0) is 27.2. The molecule has 0 bridgehead atoms. The fraction of sp³-hybridized carbons (Fsp3) is 0.148. The lowest BCUT2D eigenvalue weighted by Crippen LogP contribution is -2.34. The molecule has 0 fully saturated rings. The summed E-state index contributed by atoms with van der Waals surface area (Å²) in [6, 6.07) is 13.2. The minimum atomic E-state index is -0.871.